The highest BCUT2D eigenvalue weighted by atomic mass is 79.9. The van der Waals surface area contributed by atoms with Crippen LogP contribution in [0.15, 0.2) is 15.9 Å². The summed E-state index contributed by atoms with van der Waals surface area (Å²) in [5, 5.41) is 7.02. The van der Waals surface area contributed by atoms with Gasteiger partial charge in [0, 0.05) is 4.88 Å². The van der Waals surface area contributed by atoms with E-state index in [1.165, 1.54) is 41.1 Å². The van der Waals surface area contributed by atoms with Crippen LogP contribution in [0.25, 0.3) is 0 Å². The van der Waals surface area contributed by atoms with E-state index in [9.17, 15) is 0 Å². The van der Waals surface area contributed by atoms with E-state index in [1.54, 1.807) is 0 Å². The molecule has 4 heteroatoms. The lowest BCUT2D eigenvalue weighted by Crippen LogP contribution is -2.36. The highest BCUT2D eigenvalue weighted by molar-refractivity contribution is 9.11. The molecule has 0 aliphatic carbocycles. The molecule has 1 aliphatic heterocycles. The molecule has 90 valence electrons. The maximum Gasteiger partial charge on any atom is 0.0701 e. The molecule has 2 nitrogen and oxygen atoms in total. The van der Waals surface area contributed by atoms with Crippen LogP contribution in [0.5, 0.6) is 0 Å². The van der Waals surface area contributed by atoms with Crippen LogP contribution in [0.4, 0.5) is 0 Å². The first-order chi connectivity index (χ1) is 7.84. The third-order valence-corrected chi connectivity index (χ3v) is 4.69. The zero-order valence-corrected chi connectivity index (χ0v) is 11.9. The van der Waals surface area contributed by atoms with E-state index in [4.69, 9.17) is 0 Å². The van der Waals surface area contributed by atoms with Gasteiger partial charge in [-0.3, -0.25) is 0 Å². The molecule has 0 saturated carbocycles. The zero-order chi connectivity index (χ0) is 11.2. The first-order valence-electron chi connectivity index (χ1n) is 6.00. The Kier molecular flexibility index (Phi) is 5.29. The largest absolute Gasteiger partial charge is 0.316 e. The normalized spacial score (nSPS) is 21.2. The minimum absolute atomic E-state index is 0.837. The average Bonchev–Trinajstić information content (AvgIpc) is 2.72. The van der Waals surface area contributed by atoms with Gasteiger partial charge in [-0.05, 0) is 79.4 Å². The molecule has 1 fully saturated rings. The summed E-state index contributed by atoms with van der Waals surface area (Å²) >= 11 is 5.33. The second-order valence-electron chi connectivity index (χ2n) is 4.37. The van der Waals surface area contributed by atoms with Gasteiger partial charge in [-0.15, -0.1) is 11.3 Å². The highest BCUT2D eigenvalue weighted by Gasteiger charge is 2.11. The lowest BCUT2D eigenvalue weighted by atomic mass is 10.00. The molecule has 16 heavy (non-hydrogen) atoms. The van der Waals surface area contributed by atoms with Crippen molar-refractivity contribution in [3.05, 3.63) is 20.8 Å². The van der Waals surface area contributed by atoms with Crippen LogP contribution in [-0.2, 0) is 6.42 Å². The molecule has 0 bridgehead atoms. The number of halogens is 1. The van der Waals surface area contributed by atoms with Crippen molar-refractivity contribution in [3.63, 3.8) is 0 Å². The van der Waals surface area contributed by atoms with Gasteiger partial charge >= 0.3 is 0 Å². The number of nitrogens with one attached hydrogen (secondary N) is 2. The summed E-state index contributed by atoms with van der Waals surface area (Å²) in [7, 11) is 0. The molecule has 1 aromatic heterocycles. The van der Waals surface area contributed by atoms with Crippen molar-refractivity contribution in [2.75, 3.05) is 26.2 Å². The summed E-state index contributed by atoms with van der Waals surface area (Å²) in [6, 6.07) is 4.34. The minimum atomic E-state index is 0.837. The maximum absolute atomic E-state index is 3.56. The van der Waals surface area contributed by atoms with Crippen LogP contribution in [0, 0.1) is 5.92 Å². The first kappa shape index (κ1) is 12.6. The van der Waals surface area contributed by atoms with Gasteiger partial charge in [0.15, 0.2) is 0 Å². The van der Waals surface area contributed by atoms with Crippen LogP contribution < -0.4 is 10.6 Å². The van der Waals surface area contributed by atoms with Crippen molar-refractivity contribution in [1.29, 1.82) is 0 Å². The Morgan fingerprint density at radius 1 is 1.50 bits per heavy atom. The lowest BCUT2D eigenvalue weighted by molar-refractivity contribution is 0.361. The van der Waals surface area contributed by atoms with E-state index in [2.05, 4.69) is 38.7 Å². The van der Waals surface area contributed by atoms with Gasteiger partial charge in [0.2, 0.25) is 0 Å². The topological polar surface area (TPSA) is 24.1 Å². The molecule has 0 aromatic carbocycles. The standard InChI is InChI=1S/C12H19BrN2S/c13-12-4-3-11(16-12)5-7-15-9-10-2-1-6-14-8-10/h3-4,10,14-15H,1-2,5-9H2. The molecule has 2 N–H and O–H groups in total. The van der Waals surface area contributed by atoms with Gasteiger partial charge in [0.1, 0.15) is 0 Å². The summed E-state index contributed by atoms with van der Waals surface area (Å²) in [5.41, 5.74) is 0. The summed E-state index contributed by atoms with van der Waals surface area (Å²) in [6.07, 6.45) is 3.87. The Balaban J connectivity index is 1.57. The summed E-state index contributed by atoms with van der Waals surface area (Å²) in [5.74, 6) is 0.837. The predicted molar refractivity (Wildman–Crippen MR) is 74.2 cm³/mol. The van der Waals surface area contributed by atoms with Gasteiger partial charge in [-0.2, -0.15) is 0 Å². The number of hydrogen-bond acceptors (Lipinski definition) is 3. The van der Waals surface area contributed by atoms with Crippen LogP contribution in [0.2, 0.25) is 0 Å². The van der Waals surface area contributed by atoms with Gasteiger partial charge in [-0.1, -0.05) is 0 Å². The molecule has 0 spiro atoms. The smallest absolute Gasteiger partial charge is 0.0701 e. The third-order valence-electron chi connectivity index (χ3n) is 3.01. The van der Waals surface area contributed by atoms with Gasteiger partial charge in [-0.25, -0.2) is 0 Å². The number of thiophene rings is 1. The molecule has 1 aromatic rings. The first-order valence-corrected chi connectivity index (χ1v) is 7.61. The molecule has 1 atom stereocenters. The van der Waals surface area contributed by atoms with Crippen molar-refractivity contribution in [2.45, 2.75) is 19.3 Å². The molecule has 2 rings (SSSR count). The van der Waals surface area contributed by atoms with E-state index in [1.807, 2.05) is 11.3 Å². The van der Waals surface area contributed by atoms with E-state index in [-0.39, 0.29) is 0 Å². The van der Waals surface area contributed by atoms with E-state index in [0.717, 1.165) is 18.9 Å². The summed E-state index contributed by atoms with van der Waals surface area (Å²) in [6.45, 7) is 4.67. The average molecular weight is 303 g/mol. The number of rotatable bonds is 5. The molecular weight excluding hydrogens is 284 g/mol. The monoisotopic (exact) mass is 302 g/mol. The Labute approximate surface area is 110 Å². The predicted octanol–water partition coefficient (Wildman–Crippen LogP) is 2.64. The van der Waals surface area contributed by atoms with E-state index < -0.39 is 0 Å². The van der Waals surface area contributed by atoms with Gasteiger partial charge in [0.05, 0.1) is 3.79 Å². The van der Waals surface area contributed by atoms with E-state index in [0.29, 0.717) is 0 Å². The maximum atomic E-state index is 3.56. The van der Waals surface area contributed by atoms with Crippen molar-refractivity contribution in [3.8, 4) is 0 Å². The minimum Gasteiger partial charge on any atom is -0.316 e. The Hall–Kier alpha value is 0.1000. The zero-order valence-electron chi connectivity index (χ0n) is 9.47. The highest BCUT2D eigenvalue weighted by Crippen LogP contribution is 2.22. The molecule has 0 radical (unpaired) electrons. The number of hydrogen-bond donors (Lipinski definition) is 2. The molecule has 1 aliphatic rings. The van der Waals surface area contributed by atoms with Gasteiger partial charge in [0.25, 0.3) is 0 Å². The van der Waals surface area contributed by atoms with Crippen molar-refractivity contribution in [2.24, 2.45) is 5.92 Å². The third kappa shape index (κ3) is 4.17. The van der Waals surface area contributed by atoms with Crippen molar-refractivity contribution in [1.82, 2.24) is 10.6 Å². The quantitative estimate of drug-likeness (QED) is 0.817. The van der Waals surface area contributed by atoms with Crippen LogP contribution >= 0.6 is 27.3 Å². The second-order valence-corrected chi connectivity index (χ2v) is 6.92. The Morgan fingerprint density at radius 2 is 2.44 bits per heavy atom. The summed E-state index contributed by atoms with van der Waals surface area (Å²) in [4.78, 5) is 1.46. The van der Waals surface area contributed by atoms with Crippen molar-refractivity contribution < 1.29 is 0 Å². The van der Waals surface area contributed by atoms with Crippen LogP contribution in [0.3, 0.4) is 0 Å². The molecule has 1 unspecified atom stereocenters. The van der Waals surface area contributed by atoms with E-state index >= 15 is 0 Å². The second kappa shape index (κ2) is 6.74. The SMILES string of the molecule is Brc1ccc(CCNCC2CCCNC2)s1. The van der Waals surface area contributed by atoms with Crippen LogP contribution in [-0.4, -0.2) is 26.2 Å². The van der Waals surface area contributed by atoms with Crippen LogP contribution in [0.1, 0.15) is 17.7 Å². The molecular formula is C12H19BrN2S. The Morgan fingerprint density at radius 3 is 3.12 bits per heavy atom. The number of piperidine rings is 1. The summed E-state index contributed by atoms with van der Waals surface area (Å²) < 4.78 is 1.24. The fourth-order valence-electron chi connectivity index (χ4n) is 2.10. The van der Waals surface area contributed by atoms with Crippen molar-refractivity contribution >= 4 is 27.3 Å². The van der Waals surface area contributed by atoms with Gasteiger partial charge < -0.3 is 10.6 Å². The fraction of sp³-hybridized carbons (Fsp3) is 0.667. The molecule has 0 amide bonds. The fourth-order valence-corrected chi connectivity index (χ4v) is 3.58. The molecule has 1 saturated heterocycles. The Bertz CT molecular complexity index is 308. The molecule has 2 heterocycles. The lowest BCUT2D eigenvalue weighted by Gasteiger charge is -2.22.